The molecule has 0 saturated carbocycles. The van der Waals surface area contributed by atoms with Crippen LogP contribution < -0.4 is 10.7 Å². The zero-order valence-electron chi connectivity index (χ0n) is 11.8. The van der Waals surface area contributed by atoms with Crippen LogP contribution in [0.15, 0.2) is 54.9 Å². The molecule has 5 nitrogen and oxygen atoms in total. The first-order chi connectivity index (χ1) is 10.7. The van der Waals surface area contributed by atoms with Gasteiger partial charge in [-0.15, -0.1) is 0 Å². The van der Waals surface area contributed by atoms with Crippen LogP contribution in [0, 0.1) is 0 Å². The van der Waals surface area contributed by atoms with Crippen LogP contribution in [0.4, 0.5) is 4.79 Å². The predicted molar refractivity (Wildman–Crippen MR) is 87.6 cm³/mol. The Morgan fingerprint density at radius 2 is 2.05 bits per heavy atom. The van der Waals surface area contributed by atoms with Crippen LogP contribution in [0.5, 0.6) is 0 Å². The molecule has 1 aromatic heterocycles. The standard InChI is InChI=1S/C16H15ClN4O/c17-13-5-3-4-12(10-13)8-9-18-16(22)20-21-11-19-14-6-1-2-7-15(14)21/h1-7,10-11H,8-9H2,(H2,18,20,22). The quantitative estimate of drug-likeness (QED) is 0.777. The number of imidazole rings is 1. The number of nitrogens with one attached hydrogen (secondary N) is 2. The molecular formula is C16H15ClN4O. The molecule has 0 aliphatic heterocycles. The molecule has 0 radical (unpaired) electrons. The van der Waals surface area contributed by atoms with Crippen molar-refractivity contribution in [3.8, 4) is 0 Å². The van der Waals surface area contributed by atoms with Gasteiger partial charge in [0.1, 0.15) is 6.33 Å². The number of carbonyl (C=O) groups excluding carboxylic acids is 1. The summed E-state index contributed by atoms with van der Waals surface area (Å²) in [5.74, 6) is 0. The highest BCUT2D eigenvalue weighted by molar-refractivity contribution is 6.30. The summed E-state index contributed by atoms with van der Waals surface area (Å²) in [6.07, 6.45) is 2.31. The number of carbonyl (C=O) groups is 1. The number of rotatable bonds is 4. The second-order valence-electron chi connectivity index (χ2n) is 4.85. The molecule has 0 saturated heterocycles. The summed E-state index contributed by atoms with van der Waals surface area (Å²) in [5.41, 5.74) is 5.51. The summed E-state index contributed by atoms with van der Waals surface area (Å²) in [5, 5.41) is 3.51. The van der Waals surface area contributed by atoms with Gasteiger partial charge in [-0.3, -0.25) is 0 Å². The Hall–Kier alpha value is -2.53. The molecule has 112 valence electrons. The first-order valence-corrected chi connectivity index (χ1v) is 7.31. The number of halogens is 1. The number of urea groups is 1. The fourth-order valence-corrected chi connectivity index (χ4v) is 2.42. The number of amides is 2. The smallest absolute Gasteiger partial charge is 0.333 e. The maximum Gasteiger partial charge on any atom is 0.333 e. The third kappa shape index (κ3) is 3.38. The van der Waals surface area contributed by atoms with Crippen molar-refractivity contribution in [1.29, 1.82) is 0 Å². The molecule has 0 aliphatic rings. The minimum absolute atomic E-state index is 0.273. The second-order valence-corrected chi connectivity index (χ2v) is 5.29. The SMILES string of the molecule is O=C(NCCc1cccc(Cl)c1)Nn1cnc2ccccc21. The molecule has 0 fully saturated rings. The summed E-state index contributed by atoms with van der Waals surface area (Å²) in [6.45, 7) is 0.527. The van der Waals surface area contributed by atoms with Crippen LogP contribution in [0.3, 0.4) is 0 Å². The lowest BCUT2D eigenvalue weighted by atomic mass is 10.1. The summed E-state index contributed by atoms with van der Waals surface area (Å²) in [6, 6.07) is 14.9. The van der Waals surface area contributed by atoms with E-state index in [1.165, 1.54) is 0 Å². The van der Waals surface area contributed by atoms with Crippen molar-refractivity contribution in [3.05, 3.63) is 65.4 Å². The number of fused-ring (bicyclic) bond motifs is 1. The van der Waals surface area contributed by atoms with Crippen molar-refractivity contribution in [2.24, 2.45) is 0 Å². The van der Waals surface area contributed by atoms with Crippen molar-refractivity contribution in [2.75, 3.05) is 12.0 Å². The van der Waals surface area contributed by atoms with Gasteiger partial charge in [0.05, 0.1) is 11.0 Å². The van der Waals surface area contributed by atoms with Crippen molar-refractivity contribution in [3.63, 3.8) is 0 Å². The maximum atomic E-state index is 11.9. The van der Waals surface area contributed by atoms with Gasteiger partial charge in [0, 0.05) is 11.6 Å². The number of hydrogen-bond donors (Lipinski definition) is 2. The molecule has 0 spiro atoms. The Kier molecular flexibility index (Phi) is 4.25. The van der Waals surface area contributed by atoms with E-state index in [9.17, 15) is 4.79 Å². The lowest BCUT2D eigenvalue weighted by Gasteiger charge is -2.09. The monoisotopic (exact) mass is 314 g/mol. The van der Waals surface area contributed by atoms with Gasteiger partial charge in [-0.1, -0.05) is 35.9 Å². The number of benzene rings is 2. The molecule has 3 rings (SSSR count). The van der Waals surface area contributed by atoms with E-state index < -0.39 is 0 Å². The molecule has 3 aromatic rings. The fourth-order valence-electron chi connectivity index (χ4n) is 2.21. The number of aromatic nitrogens is 2. The van der Waals surface area contributed by atoms with Crippen LogP contribution in [0.1, 0.15) is 5.56 Å². The van der Waals surface area contributed by atoms with Gasteiger partial charge in [0.2, 0.25) is 0 Å². The number of para-hydroxylation sites is 2. The van der Waals surface area contributed by atoms with E-state index in [1.807, 2.05) is 48.5 Å². The maximum absolute atomic E-state index is 11.9. The Balaban J connectivity index is 1.54. The van der Waals surface area contributed by atoms with Crippen LogP contribution >= 0.6 is 11.6 Å². The zero-order valence-corrected chi connectivity index (χ0v) is 12.5. The van der Waals surface area contributed by atoms with Crippen LogP contribution in [-0.4, -0.2) is 22.2 Å². The predicted octanol–water partition coefficient (Wildman–Crippen LogP) is 3.19. The third-order valence-electron chi connectivity index (χ3n) is 3.26. The largest absolute Gasteiger partial charge is 0.336 e. The molecule has 2 amide bonds. The van der Waals surface area contributed by atoms with Crippen molar-refractivity contribution >= 4 is 28.7 Å². The molecule has 2 N–H and O–H groups in total. The number of nitrogens with zero attached hydrogens (tertiary/aromatic N) is 2. The van der Waals surface area contributed by atoms with E-state index in [-0.39, 0.29) is 6.03 Å². The molecule has 0 atom stereocenters. The van der Waals surface area contributed by atoms with E-state index in [2.05, 4.69) is 15.7 Å². The summed E-state index contributed by atoms with van der Waals surface area (Å²) < 4.78 is 1.60. The third-order valence-corrected chi connectivity index (χ3v) is 3.50. The van der Waals surface area contributed by atoms with E-state index in [0.29, 0.717) is 11.6 Å². The Morgan fingerprint density at radius 3 is 2.91 bits per heavy atom. The van der Waals surface area contributed by atoms with Gasteiger partial charge in [-0.05, 0) is 36.2 Å². The number of hydrogen-bond acceptors (Lipinski definition) is 2. The van der Waals surface area contributed by atoms with Gasteiger partial charge < -0.3 is 5.32 Å². The second kappa shape index (κ2) is 6.49. The van der Waals surface area contributed by atoms with Crippen LogP contribution in [0.2, 0.25) is 5.02 Å². The van der Waals surface area contributed by atoms with Gasteiger partial charge in [0.15, 0.2) is 0 Å². The normalized spacial score (nSPS) is 10.6. The minimum Gasteiger partial charge on any atom is -0.336 e. The van der Waals surface area contributed by atoms with Gasteiger partial charge >= 0.3 is 6.03 Å². The lowest BCUT2D eigenvalue weighted by Crippen LogP contribution is -2.35. The fraction of sp³-hybridized carbons (Fsp3) is 0.125. The molecule has 2 aromatic carbocycles. The Morgan fingerprint density at radius 1 is 1.18 bits per heavy atom. The minimum atomic E-state index is -0.273. The first-order valence-electron chi connectivity index (χ1n) is 6.94. The Bertz CT molecular complexity index is 799. The average molecular weight is 315 g/mol. The molecular weight excluding hydrogens is 300 g/mol. The van der Waals surface area contributed by atoms with E-state index in [0.717, 1.165) is 23.0 Å². The highest BCUT2D eigenvalue weighted by atomic mass is 35.5. The highest BCUT2D eigenvalue weighted by Gasteiger charge is 2.05. The molecule has 0 aliphatic carbocycles. The van der Waals surface area contributed by atoms with Crippen molar-refractivity contribution in [2.45, 2.75) is 6.42 Å². The van der Waals surface area contributed by atoms with Crippen molar-refractivity contribution in [1.82, 2.24) is 15.0 Å². The van der Waals surface area contributed by atoms with Crippen LogP contribution in [-0.2, 0) is 6.42 Å². The topological polar surface area (TPSA) is 59.0 Å². The van der Waals surface area contributed by atoms with Gasteiger partial charge in [-0.25, -0.2) is 19.9 Å². The molecule has 0 bridgehead atoms. The van der Waals surface area contributed by atoms with Crippen molar-refractivity contribution < 1.29 is 4.79 Å². The van der Waals surface area contributed by atoms with E-state index >= 15 is 0 Å². The highest BCUT2D eigenvalue weighted by Crippen LogP contribution is 2.11. The van der Waals surface area contributed by atoms with E-state index in [4.69, 9.17) is 11.6 Å². The molecule has 0 unspecified atom stereocenters. The van der Waals surface area contributed by atoms with Crippen LogP contribution in [0.25, 0.3) is 11.0 Å². The molecule has 6 heteroatoms. The summed E-state index contributed by atoms with van der Waals surface area (Å²) in [7, 11) is 0. The molecule has 1 heterocycles. The first kappa shape index (κ1) is 14.4. The average Bonchev–Trinajstić information content (AvgIpc) is 2.91. The molecule has 22 heavy (non-hydrogen) atoms. The zero-order chi connectivity index (χ0) is 15.4. The summed E-state index contributed by atoms with van der Waals surface area (Å²) >= 11 is 5.93. The Labute approximate surface area is 132 Å². The summed E-state index contributed by atoms with van der Waals surface area (Å²) in [4.78, 5) is 16.1. The van der Waals surface area contributed by atoms with Gasteiger partial charge in [0.25, 0.3) is 0 Å². The van der Waals surface area contributed by atoms with E-state index in [1.54, 1.807) is 11.0 Å². The van der Waals surface area contributed by atoms with Gasteiger partial charge in [-0.2, -0.15) is 0 Å². The lowest BCUT2D eigenvalue weighted by molar-refractivity contribution is 0.250.